The third kappa shape index (κ3) is 5.36. The molecule has 10 nitrogen and oxygen atoms in total. The van der Waals surface area contributed by atoms with Crippen LogP contribution in [0.5, 0.6) is 0 Å². The van der Waals surface area contributed by atoms with Crippen molar-refractivity contribution in [2.75, 3.05) is 13.2 Å². The summed E-state index contributed by atoms with van der Waals surface area (Å²) in [6.45, 7) is 3.72. The average molecular weight is 369 g/mol. The topological polar surface area (TPSA) is 171 Å². The molecule has 0 aromatic heterocycles. The fourth-order valence-electron chi connectivity index (χ4n) is 0.936. The van der Waals surface area contributed by atoms with Gasteiger partial charge in [0.2, 0.25) is 0 Å². The summed E-state index contributed by atoms with van der Waals surface area (Å²) in [5.74, 6) is -0.608. The summed E-state index contributed by atoms with van der Waals surface area (Å²) in [4.78, 5) is 56.4. The first-order valence-electron chi connectivity index (χ1n) is 5.74. The van der Waals surface area contributed by atoms with E-state index in [0.717, 1.165) is 0 Å². The Morgan fingerprint density at radius 3 is 1.86 bits per heavy atom. The van der Waals surface area contributed by atoms with Gasteiger partial charge in [-0.25, -0.2) is 14.0 Å². The van der Waals surface area contributed by atoms with Gasteiger partial charge in [-0.2, -0.15) is 4.52 Å². The minimum absolute atomic E-state index is 0.481. The largest absolute Gasteiger partial charge is 0.534 e. The molecule has 5 N–H and O–H groups in total. The van der Waals surface area contributed by atoms with Crippen LogP contribution in [0, 0.1) is 5.41 Å². The summed E-state index contributed by atoms with van der Waals surface area (Å²) in [6.07, 6.45) is 0.481. The van der Waals surface area contributed by atoms with Crippen molar-refractivity contribution in [2.24, 2.45) is 5.41 Å². The SMILES string of the molecule is CCC(C)(C)C(=O)OCCO[P+](O)(P(=O)(O)O)P(=O)(O)O. The van der Waals surface area contributed by atoms with E-state index < -0.39 is 46.3 Å². The van der Waals surface area contributed by atoms with Crippen molar-refractivity contribution in [3.05, 3.63) is 0 Å². The van der Waals surface area contributed by atoms with Gasteiger partial charge in [0.1, 0.15) is 13.2 Å². The third-order valence-electron chi connectivity index (χ3n) is 2.70. The van der Waals surface area contributed by atoms with Crippen LogP contribution in [0.2, 0.25) is 0 Å². The highest BCUT2D eigenvalue weighted by Crippen LogP contribution is 3.00. The molecule has 0 aliphatic rings. The first kappa shape index (κ1) is 21.1. The van der Waals surface area contributed by atoms with Gasteiger partial charge in [0.05, 0.1) is 5.41 Å². The van der Waals surface area contributed by atoms with Gasteiger partial charge in [0, 0.05) is 0 Å². The third-order valence-corrected chi connectivity index (χ3v) is 13.5. The van der Waals surface area contributed by atoms with Crippen LogP contribution in [0.3, 0.4) is 0 Å². The van der Waals surface area contributed by atoms with Crippen LogP contribution in [-0.2, 0) is 23.2 Å². The van der Waals surface area contributed by atoms with E-state index in [9.17, 15) is 18.8 Å². The molecule has 0 fully saturated rings. The summed E-state index contributed by atoms with van der Waals surface area (Å²) in [6, 6.07) is 0. The minimum Gasteiger partial charge on any atom is -0.463 e. The maximum atomic E-state index is 11.6. The van der Waals surface area contributed by atoms with Crippen molar-refractivity contribution in [3.63, 3.8) is 0 Å². The molecule has 0 saturated carbocycles. The van der Waals surface area contributed by atoms with Crippen molar-refractivity contribution in [1.82, 2.24) is 0 Å². The molecule has 0 aromatic rings. The molecule has 0 saturated heterocycles. The molecule has 21 heavy (non-hydrogen) atoms. The summed E-state index contributed by atoms with van der Waals surface area (Å²) in [7, 11) is -16.4. The molecule has 0 rings (SSSR count). The second-order valence-corrected chi connectivity index (χ2v) is 15.4. The van der Waals surface area contributed by atoms with Crippen molar-refractivity contribution >= 4 is 27.6 Å². The number of rotatable bonds is 8. The Hall–Kier alpha value is 0.120. The first-order chi connectivity index (χ1) is 9.19. The summed E-state index contributed by atoms with van der Waals surface area (Å²) < 4.78 is 31.1. The predicted octanol–water partition coefficient (Wildman–Crippen LogP) is 1.01. The highest BCUT2D eigenvalue weighted by molar-refractivity contribution is 8.63. The molecule has 0 spiro atoms. The Kier molecular flexibility index (Phi) is 7.17. The maximum absolute atomic E-state index is 11.6. The Balaban J connectivity index is 4.68. The van der Waals surface area contributed by atoms with Crippen molar-refractivity contribution in [1.29, 1.82) is 0 Å². The lowest BCUT2D eigenvalue weighted by Crippen LogP contribution is -2.27. The van der Waals surface area contributed by atoms with Gasteiger partial charge in [-0.1, -0.05) is 6.92 Å². The highest BCUT2D eigenvalue weighted by atomic mass is 32.5. The normalized spacial score (nSPS) is 14.1. The molecule has 0 aliphatic heterocycles. The van der Waals surface area contributed by atoms with Gasteiger partial charge in [0.15, 0.2) is 0 Å². The standard InChI is InChI=1S/C8H19O10P3/c1-4-8(2,3)7(9)17-5-6-18-21(16,19(10,11)12)20(13,14)15/h16H,4-6H2,1-3H3,(H3-,10,11,12,13,14,15)/p+1. The zero-order valence-electron chi connectivity index (χ0n) is 11.7. The van der Waals surface area contributed by atoms with Crippen molar-refractivity contribution < 1.29 is 47.7 Å². The minimum atomic E-state index is -5.57. The summed E-state index contributed by atoms with van der Waals surface area (Å²) in [5.41, 5.74) is -0.780. The van der Waals surface area contributed by atoms with E-state index in [-0.39, 0.29) is 0 Å². The number of carbonyl (C=O) groups excluding carboxylic acids is 1. The summed E-state index contributed by atoms with van der Waals surface area (Å²) >= 11 is 0. The van der Waals surface area contributed by atoms with E-state index in [1.54, 1.807) is 20.8 Å². The van der Waals surface area contributed by atoms with Gasteiger partial charge in [-0.15, -0.1) is 0 Å². The molecule has 0 atom stereocenters. The molecule has 13 heteroatoms. The zero-order valence-corrected chi connectivity index (χ0v) is 14.4. The lowest BCUT2D eigenvalue weighted by atomic mass is 9.91. The van der Waals surface area contributed by atoms with Crippen LogP contribution in [0.4, 0.5) is 0 Å². The van der Waals surface area contributed by atoms with Gasteiger partial charge in [-0.05, 0) is 20.3 Å². The molecule has 0 aliphatic carbocycles. The molecule has 0 bridgehead atoms. The summed E-state index contributed by atoms with van der Waals surface area (Å²) in [5, 5.41) is 0. The van der Waals surface area contributed by atoms with E-state index in [1.165, 1.54) is 0 Å². The molecule has 126 valence electrons. The van der Waals surface area contributed by atoms with E-state index in [0.29, 0.717) is 6.42 Å². The van der Waals surface area contributed by atoms with Crippen molar-refractivity contribution in [2.45, 2.75) is 27.2 Å². The van der Waals surface area contributed by atoms with Crippen LogP contribution in [-0.4, -0.2) is 43.7 Å². The average Bonchev–Trinajstić information content (AvgIpc) is 2.30. The van der Waals surface area contributed by atoms with Gasteiger partial charge in [-0.3, -0.25) is 24.4 Å². The monoisotopic (exact) mass is 369 g/mol. The van der Waals surface area contributed by atoms with Crippen LogP contribution >= 0.6 is 21.7 Å². The Bertz CT molecular complexity index is 441. The van der Waals surface area contributed by atoms with Crippen LogP contribution in [0.1, 0.15) is 27.2 Å². The molecule has 0 unspecified atom stereocenters. The van der Waals surface area contributed by atoms with E-state index >= 15 is 0 Å². The highest BCUT2D eigenvalue weighted by Gasteiger charge is 2.73. The molecule has 0 radical (unpaired) electrons. The van der Waals surface area contributed by atoms with Crippen LogP contribution < -0.4 is 0 Å². The van der Waals surface area contributed by atoms with Crippen LogP contribution in [0.15, 0.2) is 0 Å². The Labute approximate surface area is 122 Å². The number of hydrogen-bond donors (Lipinski definition) is 5. The fraction of sp³-hybridized carbons (Fsp3) is 0.875. The molecular formula is C8H20O10P3+. The quantitative estimate of drug-likeness (QED) is 0.236. The second-order valence-electron chi connectivity index (χ2n) is 4.75. The zero-order chi connectivity index (χ0) is 17.1. The number of esters is 1. The van der Waals surface area contributed by atoms with Crippen molar-refractivity contribution in [3.8, 4) is 0 Å². The molecule has 0 amide bonds. The second kappa shape index (κ2) is 7.13. The molecule has 0 heterocycles. The van der Waals surface area contributed by atoms with Gasteiger partial charge in [0.25, 0.3) is 0 Å². The Morgan fingerprint density at radius 1 is 1.10 bits per heavy atom. The number of carbonyl (C=O) groups is 1. The predicted molar refractivity (Wildman–Crippen MR) is 74.2 cm³/mol. The van der Waals surface area contributed by atoms with E-state index in [1.807, 2.05) is 0 Å². The lowest BCUT2D eigenvalue weighted by Gasteiger charge is -2.21. The lowest BCUT2D eigenvalue weighted by molar-refractivity contribution is -0.154. The maximum Gasteiger partial charge on any atom is 0.534 e. The molecule has 0 aromatic carbocycles. The number of hydrogen-bond acceptors (Lipinski definition) is 6. The van der Waals surface area contributed by atoms with Gasteiger partial charge >= 0.3 is 27.6 Å². The molecular weight excluding hydrogens is 349 g/mol. The smallest absolute Gasteiger partial charge is 0.463 e. The van der Waals surface area contributed by atoms with Gasteiger partial charge < -0.3 is 4.74 Å². The van der Waals surface area contributed by atoms with E-state index in [2.05, 4.69) is 4.52 Å². The van der Waals surface area contributed by atoms with E-state index in [4.69, 9.17) is 24.3 Å². The van der Waals surface area contributed by atoms with Crippen LogP contribution in [0.25, 0.3) is 0 Å². The Morgan fingerprint density at radius 2 is 1.52 bits per heavy atom. The fourth-order valence-corrected chi connectivity index (χ4v) is 6.90. The number of ether oxygens (including phenoxy) is 1. The first-order valence-corrected chi connectivity index (χ1v) is 12.0.